The number of hydrogen-bond donors (Lipinski definition) is 1. The third-order valence-electron chi connectivity index (χ3n) is 3.94. The van der Waals surface area contributed by atoms with Crippen LogP contribution in [0.1, 0.15) is 56.8 Å². The number of carbonyl (C=O) groups is 1. The van der Waals surface area contributed by atoms with Crippen molar-refractivity contribution in [3.63, 3.8) is 0 Å². The highest BCUT2D eigenvalue weighted by molar-refractivity contribution is 7.80. The smallest absolute Gasteiger partial charge is 0.338 e. The van der Waals surface area contributed by atoms with Gasteiger partial charge in [0.1, 0.15) is 11.4 Å². The Bertz CT molecular complexity index is 781. The number of ether oxygens (including phenoxy) is 2. The average Bonchev–Trinajstić information content (AvgIpc) is 2.69. The molecule has 0 aliphatic rings. The lowest BCUT2D eigenvalue weighted by Gasteiger charge is -2.19. The second-order valence-corrected chi connectivity index (χ2v) is 8.18. The molecule has 0 heterocycles. The number of rotatable bonds is 10. The van der Waals surface area contributed by atoms with Crippen LogP contribution in [0.3, 0.4) is 0 Å². The maximum atomic E-state index is 12.0. The van der Waals surface area contributed by atoms with Crippen LogP contribution in [0.25, 0.3) is 0 Å². The van der Waals surface area contributed by atoms with Crippen LogP contribution >= 0.6 is 12.6 Å². The average molecular weight is 415 g/mol. The molecule has 2 rings (SSSR count). The van der Waals surface area contributed by atoms with Crippen molar-refractivity contribution in [2.24, 2.45) is 10.2 Å². The van der Waals surface area contributed by atoms with Crippen LogP contribution in [0.15, 0.2) is 58.8 Å². The predicted molar refractivity (Wildman–Crippen MR) is 120 cm³/mol. The number of thiol groups is 1. The minimum absolute atomic E-state index is 0.349. The van der Waals surface area contributed by atoms with Gasteiger partial charge in [-0.3, -0.25) is 0 Å². The molecule has 0 saturated carbocycles. The minimum Gasteiger partial charge on any atom is -0.494 e. The third-order valence-corrected chi connectivity index (χ3v) is 4.26. The summed E-state index contributed by atoms with van der Waals surface area (Å²) in [6.45, 7) is 6.25. The molecule has 29 heavy (non-hydrogen) atoms. The van der Waals surface area contributed by atoms with Crippen LogP contribution in [-0.2, 0) is 4.74 Å². The van der Waals surface area contributed by atoms with Crippen molar-refractivity contribution >= 4 is 30.0 Å². The number of unbranched alkanes of at least 4 members (excludes halogenated alkanes) is 3. The lowest BCUT2D eigenvalue weighted by atomic mass is 10.1. The summed E-state index contributed by atoms with van der Waals surface area (Å²) in [6.07, 6.45) is 4.57. The Kier molecular flexibility index (Phi) is 9.19. The number of azo groups is 1. The molecular formula is C23H30N2O3S. The van der Waals surface area contributed by atoms with Gasteiger partial charge in [-0.1, -0.05) is 12.8 Å². The number of hydrogen-bond acceptors (Lipinski definition) is 6. The summed E-state index contributed by atoms with van der Waals surface area (Å²) in [6, 6.07) is 14.4. The number of nitrogens with zero attached hydrogens (tertiary/aromatic N) is 2. The van der Waals surface area contributed by atoms with Gasteiger partial charge in [-0.25, -0.2) is 4.79 Å². The summed E-state index contributed by atoms with van der Waals surface area (Å²) >= 11 is 4.21. The van der Waals surface area contributed by atoms with E-state index in [1.165, 1.54) is 12.8 Å². The van der Waals surface area contributed by atoms with E-state index in [4.69, 9.17) is 9.47 Å². The molecule has 0 aliphatic carbocycles. The van der Waals surface area contributed by atoms with Crippen LogP contribution in [0.5, 0.6) is 5.75 Å². The van der Waals surface area contributed by atoms with Gasteiger partial charge < -0.3 is 9.47 Å². The van der Waals surface area contributed by atoms with E-state index >= 15 is 0 Å². The third kappa shape index (κ3) is 9.13. The predicted octanol–water partition coefficient (Wildman–Crippen LogP) is 6.93. The lowest BCUT2D eigenvalue weighted by molar-refractivity contribution is 0.00695. The highest BCUT2D eigenvalue weighted by Gasteiger charge is 2.17. The van der Waals surface area contributed by atoms with E-state index in [1.807, 2.05) is 45.0 Å². The topological polar surface area (TPSA) is 60.2 Å². The van der Waals surface area contributed by atoms with E-state index in [1.54, 1.807) is 24.3 Å². The molecule has 6 heteroatoms. The Hall–Kier alpha value is -2.34. The fourth-order valence-corrected chi connectivity index (χ4v) is 2.71. The summed E-state index contributed by atoms with van der Waals surface area (Å²) in [4.78, 5) is 12.0. The van der Waals surface area contributed by atoms with Crippen molar-refractivity contribution in [1.82, 2.24) is 0 Å². The molecule has 0 fully saturated rings. The molecule has 0 atom stereocenters. The molecule has 0 spiro atoms. The van der Waals surface area contributed by atoms with E-state index in [2.05, 4.69) is 22.9 Å². The first kappa shape index (κ1) is 22.9. The zero-order valence-electron chi connectivity index (χ0n) is 17.4. The zero-order valence-corrected chi connectivity index (χ0v) is 18.3. The first-order valence-electron chi connectivity index (χ1n) is 9.96. The number of esters is 1. The monoisotopic (exact) mass is 414 g/mol. The van der Waals surface area contributed by atoms with E-state index in [9.17, 15) is 4.79 Å². The van der Waals surface area contributed by atoms with Crippen molar-refractivity contribution in [2.75, 3.05) is 12.4 Å². The Balaban J connectivity index is 1.82. The van der Waals surface area contributed by atoms with Crippen LogP contribution < -0.4 is 4.74 Å². The summed E-state index contributed by atoms with van der Waals surface area (Å²) in [5.41, 5.74) is 1.38. The van der Waals surface area contributed by atoms with Gasteiger partial charge in [0.05, 0.1) is 23.5 Å². The number of benzene rings is 2. The van der Waals surface area contributed by atoms with E-state index in [0.29, 0.717) is 11.3 Å². The normalized spacial score (nSPS) is 11.6. The first-order chi connectivity index (χ1) is 13.9. The van der Waals surface area contributed by atoms with Gasteiger partial charge in [-0.05, 0) is 87.9 Å². The Morgan fingerprint density at radius 3 is 1.97 bits per heavy atom. The number of carbonyl (C=O) groups excluding carboxylic acids is 1. The molecule has 0 radical (unpaired) electrons. The quantitative estimate of drug-likeness (QED) is 0.198. The summed E-state index contributed by atoms with van der Waals surface area (Å²) in [5.74, 6) is 1.43. The molecule has 0 bridgehead atoms. The molecule has 0 aliphatic heterocycles. The van der Waals surface area contributed by atoms with Crippen LogP contribution in [0, 0.1) is 0 Å². The first-order valence-corrected chi connectivity index (χ1v) is 10.6. The van der Waals surface area contributed by atoms with Gasteiger partial charge in [0.25, 0.3) is 0 Å². The molecule has 156 valence electrons. The Labute approximate surface area is 178 Å². The van der Waals surface area contributed by atoms with Gasteiger partial charge >= 0.3 is 5.97 Å². The van der Waals surface area contributed by atoms with Crippen LogP contribution in [-0.4, -0.2) is 23.9 Å². The minimum atomic E-state index is -0.516. The molecular weight excluding hydrogens is 384 g/mol. The van der Waals surface area contributed by atoms with Gasteiger partial charge in [0.15, 0.2) is 0 Å². The highest BCUT2D eigenvalue weighted by Crippen LogP contribution is 2.22. The van der Waals surface area contributed by atoms with Gasteiger partial charge in [0, 0.05) is 0 Å². The maximum absolute atomic E-state index is 12.0. The van der Waals surface area contributed by atoms with Crippen molar-refractivity contribution < 1.29 is 14.3 Å². The molecule has 0 saturated heterocycles. The van der Waals surface area contributed by atoms with Gasteiger partial charge in [-0.2, -0.15) is 22.9 Å². The van der Waals surface area contributed by atoms with Crippen molar-refractivity contribution in [1.29, 1.82) is 0 Å². The highest BCUT2D eigenvalue weighted by atomic mass is 32.1. The molecule has 0 aromatic heterocycles. The molecule has 0 N–H and O–H groups in total. The standard InChI is InChI=1S/C23H30N2O3S/c1-23(2,3)28-22(26)18-8-10-19(11-9-18)24-25-20-12-14-21(15-13-20)27-16-6-4-5-7-17-29/h8-15,29H,4-7,16-17H2,1-3H3. The Morgan fingerprint density at radius 2 is 1.41 bits per heavy atom. The molecule has 2 aromatic carbocycles. The van der Waals surface area contributed by atoms with Crippen LogP contribution in [0.2, 0.25) is 0 Å². The van der Waals surface area contributed by atoms with Gasteiger partial charge in [0.2, 0.25) is 0 Å². The fourth-order valence-electron chi connectivity index (χ4n) is 2.48. The Morgan fingerprint density at radius 1 is 0.862 bits per heavy atom. The van der Waals surface area contributed by atoms with Crippen molar-refractivity contribution in [3.8, 4) is 5.75 Å². The van der Waals surface area contributed by atoms with E-state index < -0.39 is 5.60 Å². The maximum Gasteiger partial charge on any atom is 0.338 e. The SMILES string of the molecule is CC(C)(C)OC(=O)c1ccc(N=Nc2ccc(OCCCCCCS)cc2)cc1. The summed E-state index contributed by atoms with van der Waals surface area (Å²) < 4.78 is 11.1. The van der Waals surface area contributed by atoms with Gasteiger partial charge in [-0.15, -0.1) is 0 Å². The van der Waals surface area contributed by atoms with E-state index in [0.717, 1.165) is 36.6 Å². The molecule has 0 unspecified atom stereocenters. The van der Waals surface area contributed by atoms with Crippen molar-refractivity contribution in [2.45, 2.75) is 52.1 Å². The molecule has 2 aromatic rings. The second kappa shape index (κ2) is 11.6. The summed E-state index contributed by atoms with van der Waals surface area (Å²) in [7, 11) is 0. The largest absolute Gasteiger partial charge is 0.494 e. The lowest BCUT2D eigenvalue weighted by Crippen LogP contribution is -2.23. The van der Waals surface area contributed by atoms with Crippen LogP contribution in [0.4, 0.5) is 11.4 Å². The summed E-state index contributed by atoms with van der Waals surface area (Å²) in [5, 5.41) is 8.44. The molecule has 5 nitrogen and oxygen atoms in total. The second-order valence-electron chi connectivity index (χ2n) is 7.73. The van der Waals surface area contributed by atoms with E-state index in [-0.39, 0.29) is 5.97 Å². The fraction of sp³-hybridized carbons (Fsp3) is 0.435. The zero-order chi connectivity index (χ0) is 21.1. The molecule has 0 amide bonds. The van der Waals surface area contributed by atoms with Crippen molar-refractivity contribution in [3.05, 3.63) is 54.1 Å².